The number of hydrogen-bond donors (Lipinski definition) is 0. The number of hydrogen-bond acceptors (Lipinski definition) is 3. The maximum atomic E-state index is 5.08. The highest BCUT2D eigenvalue weighted by Gasteiger charge is 2.24. The minimum atomic E-state index is -0.0432. The molecule has 0 saturated carbocycles. The third kappa shape index (κ3) is 4.29. The Kier molecular flexibility index (Phi) is 6.27. The van der Waals surface area contributed by atoms with Gasteiger partial charge in [0.1, 0.15) is 11.9 Å². The molecule has 4 rings (SSSR count). The van der Waals surface area contributed by atoms with Crippen LogP contribution in [-0.2, 0) is 6.42 Å². The van der Waals surface area contributed by atoms with E-state index in [1.165, 1.54) is 0 Å². The van der Waals surface area contributed by atoms with E-state index in [-0.39, 0.29) is 6.04 Å². The van der Waals surface area contributed by atoms with Gasteiger partial charge in [0.15, 0.2) is 0 Å². The van der Waals surface area contributed by atoms with Crippen LogP contribution in [0, 0.1) is 0 Å². The molecule has 0 aliphatic carbocycles. The lowest BCUT2D eigenvalue weighted by atomic mass is 10.0. The van der Waals surface area contributed by atoms with Crippen LogP contribution < -0.4 is 0 Å². The summed E-state index contributed by atoms with van der Waals surface area (Å²) in [6.07, 6.45) is 10.8. The first-order chi connectivity index (χ1) is 15.2. The second kappa shape index (κ2) is 9.43. The van der Waals surface area contributed by atoms with Crippen LogP contribution in [0.5, 0.6) is 0 Å². The second-order valence-electron chi connectivity index (χ2n) is 7.60. The fourth-order valence-corrected chi connectivity index (χ4v) is 3.99. The zero-order chi connectivity index (χ0) is 21.6. The molecule has 0 spiro atoms. The van der Waals surface area contributed by atoms with Crippen molar-refractivity contribution in [3.8, 4) is 5.69 Å². The van der Waals surface area contributed by atoms with Gasteiger partial charge in [-0.15, -0.1) is 13.2 Å². The molecule has 4 nitrogen and oxygen atoms in total. The van der Waals surface area contributed by atoms with Gasteiger partial charge in [-0.3, -0.25) is 9.56 Å². The summed E-state index contributed by atoms with van der Waals surface area (Å²) >= 11 is 0. The molecule has 0 saturated heterocycles. The molecule has 1 aromatic heterocycles. The standard InChI is InChI=1S/C27H28N4/c1-4-17-30(18-5-2)19-11-14-23-20-28-27-21(3)29-26(22-12-7-6-8-13-22)24-15-9-10-16-25(24)31(23)27/h4-13,15-16,19-21H,1-2,14,17-18H2,3H3. The number of imidazole rings is 1. The van der Waals surface area contributed by atoms with Gasteiger partial charge >= 0.3 is 0 Å². The summed E-state index contributed by atoms with van der Waals surface area (Å²) in [5.41, 5.74) is 5.53. The Morgan fingerprint density at radius 3 is 2.45 bits per heavy atom. The highest BCUT2D eigenvalue weighted by Crippen LogP contribution is 2.31. The third-order valence-electron chi connectivity index (χ3n) is 5.38. The summed E-state index contributed by atoms with van der Waals surface area (Å²) in [5, 5.41) is 0. The van der Waals surface area contributed by atoms with Crippen LogP contribution >= 0.6 is 0 Å². The maximum Gasteiger partial charge on any atom is 0.138 e. The van der Waals surface area contributed by atoms with E-state index >= 15 is 0 Å². The first kappa shape index (κ1) is 20.6. The van der Waals surface area contributed by atoms with Crippen molar-refractivity contribution in [1.82, 2.24) is 14.5 Å². The van der Waals surface area contributed by atoms with Gasteiger partial charge in [-0.25, -0.2) is 4.98 Å². The zero-order valence-electron chi connectivity index (χ0n) is 18.0. The van der Waals surface area contributed by atoms with Crippen molar-refractivity contribution in [1.29, 1.82) is 0 Å². The summed E-state index contributed by atoms with van der Waals surface area (Å²) in [7, 11) is 0. The first-order valence-electron chi connectivity index (χ1n) is 10.6. The van der Waals surface area contributed by atoms with Gasteiger partial charge in [0.25, 0.3) is 0 Å². The molecule has 156 valence electrons. The molecule has 3 aromatic rings. The summed E-state index contributed by atoms with van der Waals surface area (Å²) in [6.45, 7) is 11.4. The summed E-state index contributed by atoms with van der Waals surface area (Å²) in [5.74, 6) is 0.968. The minimum absolute atomic E-state index is 0.0432. The number of rotatable bonds is 8. The molecular weight excluding hydrogens is 380 g/mol. The molecule has 1 atom stereocenters. The zero-order valence-corrected chi connectivity index (χ0v) is 18.0. The molecule has 0 fully saturated rings. The number of para-hydroxylation sites is 1. The summed E-state index contributed by atoms with van der Waals surface area (Å²) in [4.78, 5) is 12.0. The number of aliphatic imine (C=N–C) groups is 1. The van der Waals surface area contributed by atoms with Gasteiger partial charge in [-0.1, -0.05) is 66.8 Å². The molecule has 0 N–H and O–H groups in total. The van der Waals surface area contributed by atoms with Crippen molar-refractivity contribution >= 4 is 5.71 Å². The van der Waals surface area contributed by atoms with Gasteiger partial charge in [0.05, 0.1) is 11.4 Å². The molecule has 1 aliphatic rings. The lowest BCUT2D eigenvalue weighted by Gasteiger charge is -2.16. The molecule has 1 aliphatic heterocycles. The van der Waals surface area contributed by atoms with Gasteiger partial charge < -0.3 is 4.90 Å². The number of aromatic nitrogens is 2. The second-order valence-corrected chi connectivity index (χ2v) is 7.60. The third-order valence-corrected chi connectivity index (χ3v) is 5.38. The average molecular weight is 409 g/mol. The molecule has 4 heteroatoms. The van der Waals surface area contributed by atoms with Crippen LogP contribution in [0.15, 0.2) is 103 Å². The summed E-state index contributed by atoms with van der Waals surface area (Å²) < 4.78 is 2.27. The van der Waals surface area contributed by atoms with E-state index in [1.54, 1.807) is 0 Å². The largest absolute Gasteiger partial charge is 0.370 e. The molecule has 0 bridgehead atoms. The normalized spacial score (nSPS) is 15.0. The Bertz CT molecular complexity index is 1110. The molecule has 0 amide bonds. The molecule has 1 unspecified atom stereocenters. The highest BCUT2D eigenvalue weighted by atomic mass is 15.1. The van der Waals surface area contributed by atoms with Gasteiger partial charge in [-0.05, 0) is 19.2 Å². The molecule has 0 radical (unpaired) electrons. The van der Waals surface area contributed by atoms with Gasteiger partial charge in [-0.2, -0.15) is 0 Å². The SMILES string of the molecule is C=CCN(C=CCc1cnc2n1-c1ccccc1C(c1ccccc1)=NC2C)CC=C. The average Bonchev–Trinajstić information content (AvgIpc) is 3.17. The van der Waals surface area contributed by atoms with Crippen molar-refractivity contribution in [3.05, 3.63) is 121 Å². The quantitative estimate of drug-likeness (QED) is 0.460. The van der Waals surface area contributed by atoms with E-state index in [4.69, 9.17) is 9.98 Å². The Balaban J connectivity index is 1.73. The van der Waals surface area contributed by atoms with Crippen molar-refractivity contribution < 1.29 is 0 Å². The minimum Gasteiger partial charge on any atom is -0.370 e. The van der Waals surface area contributed by atoms with Crippen LogP contribution in [0.25, 0.3) is 5.69 Å². The van der Waals surface area contributed by atoms with Gasteiger partial charge in [0.2, 0.25) is 0 Å². The lowest BCUT2D eigenvalue weighted by Crippen LogP contribution is -2.16. The van der Waals surface area contributed by atoms with E-state index < -0.39 is 0 Å². The molecular formula is C27H28N4. The Labute approximate surface area is 184 Å². The maximum absolute atomic E-state index is 5.08. The van der Waals surface area contributed by atoms with Crippen molar-refractivity contribution in [2.24, 2.45) is 4.99 Å². The van der Waals surface area contributed by atoms with Crippen molar-refractivity contribution in [2.45, 2.75) is 19.4 Å². The van der Waals surface area contributed by atoms with Crippen LogP contribution in [0.3, 0.4) is 0 Å². The predicted octanol–water partition coefficient (Wildman–Crippen LogP) is 5.51. The van der Waals surface area contributed by atoms with E-state index in [1.807, 2.05) is 24.4 Å². The Hall–Kier alpha value is -3.66. The van der Waals surface area contributed by atoms with E-state index in [0.717, 1.165) is 53.6 Å². The van der Waals surface area contributed by atoms with Crippen LogP contribution in [0.1, 0.15) is 35.6 Å². The van der Waals surface area contributed by atoms with Gasteiger partial charge in [0, 0.05) is 42.5 Å². The fraction of sp³-hybridized carbons (Fsp3) is 0.185. The van der Waals surface area contributed by atoms with Crippen molar-refractivity contribution in [3.63, 3.8) is 0 Å². The number of allylic oxidation sites excluding steroid dienone is 1. The molecule has 2 aromatic carbocycles. The smallest absolute Gasteiger partial charge is 0.138 e. The van der Waals surface area contributed by atoms with Crippen LogP contribution in [0.4, 0.5) is 0 Å². The monoisotopic (exact) mass is 408 g/mol. The summed E-state index contributed by atoms with van der Waals surface area (Å²) in [6, 6.07) is 18.8. The fourth-order valence-electron chi connectivity index (χ4n) is 3.99. The Morgan fingerprint density at radius 1 is 1.00 bits per heavy atom. The van der Waals surface area contributed by atoms with Crippen LogP contribution in [0.2, 0.25) is 0 Å². The number of benzene rings is 2. The molecule has 31 heavy (non-hydrogen) atoms. The topological polar surface area (TPSA) is 33.4 Å². The van der Waals surface area contributed by atoms with Crippen LogP contribution in [-0.4, -0.2) is 33.3 Å². The number of fused-ring (bicyclic) bond motifs is 3. The van der Waals surface area contributed by atoms with Crippen molar-refractivity contribution in [2.75, 3.05) is 13.1 Å². The van der Waals surface area contributed by atoms with E-state index in [0.29, 0.717) is 0 Å². The lowest BCUT2D eigenvalue weighted by molar-refractivity contribution is 0.461. The Morgan fingerprint density at radius 2 is 1.71 bits per heavy atom. The highest BCUT2D eigenvalue weighted by molar-refractivity contribution is 6.15. The first-order valence-corrected chi connectivity index (χ1v) is 10.6. The predicted molar refractivity (Wildman–Crippen MR) is 129 cm³/mol. The van der Waals surface area contributed by atoms with E-state index in [2.05, 4.69) is 90.4 Å². The number of nitrogens with zero attached hydrogens (tertiary/aromatic N) is 4. The van der Waals surface area contributed by atoms with E-state index in [9.17, 15) is 0 Å². The molecule has 2 heterocycles.